The van der Waals surface area contributed by atoms with Gasteiger partial charge in [-0.25, -0.2) is 4.98 Å². The standard InChI is InChI=1S/C12H14BrN3O/c1-7(6-13)4-8-2-3-10-9(5-8)11(17)16-12(14)15-10/h2-3,5,7H,4,6H2,1H3,(H3,14,15,16,17). The number of halogens is 1. The van der Waals surface area contributed by atoms with E-state index in [0.29, 0.717) is 16.8 Å². The number of hydrogen-bond acceptors (Lipinski definition) is 3. The highest BCUT2D eigenvalue weighted by Gasteiger charge is 2.06. The average molecular weight is 296 g/mol. The third-order valence-corrected chi connectivity index (χ3v) is 3.74. The topological polar surface area (TPSA) is 71.8 Å². The lowest BCUT2D eigenvalue weighted by molar-refractivity contribution is 0.664. The number of nitrogen functional groups attached to an aromatic ring is 1. The lowest BCUT2D eigenvalue weighted by Crippen LogP contribution is -2.11. The molecule has 0 amide bonds. The number of aromatic amines is 1. The molecule has 0 aliphatic heterocycles. The summed E-state index contributed by atoms with van der Waals surface area (Å²) in [6.07, 6.45) is 0.936. The molecule has 1 atom stereocenters. The molecule has 3 N–H and O–H groups in total. The summed E-state index contributed by atoms with van der Waals surface area (Å²) in [5.74, 6) is 0.692. The summed E-state index contributed by atoms with van der Waals surface area (Å²) in [5.41, 5.74) is 7.09. The fraction of sp³-hybridized carbons (Fsp3) is 0.333. The van der Waals surface area contributed by atoms with Crippen molar-refractivity contribution in [3.8, 4) is 0 Å². The van der Waals surface area contributed by atoms with Crippen LogP contribution >= 0.6 is 15.9 Å². The smallest absolute Gasteiger partial charge is 0.260 e. The van der Waals surface area contributed by atoms with E-state index in [4.69, 9.17) is 5.73 Å². The molecule has 1 unspecified atom stereocenters. The van der Waals surface area contributed by atoms with Crippen LogP contribution in [0.3, 0.4) is 0 Å². The Balaban J connectivity index is 2.47. The first-order valence-corrected chi connectivity index (χ1v) is 6.56. The minimum Gasteiger partial charge on any atom is -0.369 e. The van der Waals surface area contributed by atoms with Gasteiger partial charge in [0.05, 0.1) is 10.9 Å². The van der Waals surface area contributed by atoms with Crippen molar-refractivity contribution < 1.29 is 0 Å². The second-order valence-electron chi connectivity index (χ2n) is 4.27. The maximum Gasteiger partial charge on any atom is 0.260 e. The summed E-state index contributed by atoms with van der Waals surface area (Å²) in [4.78, 5) is 18.3. The second kappa shape index (κ2) is 4.87. The molecule has 0 aliphatic rings. The van der Waals surface area contributed by atoms with Crippen LogP contribution in [0.25, 0.3) is 10.9 Å². The third kappa shape index (κ3) is 2.66. The summed E-state index contributed by atoms with van der Waals surface area (Å²) in [5, 5.41) is 1.54. The summed E-state index contributed by atoms with van der Waals surface area (Å²) in [6, 6.07) is 5.73. The monoisotopic (exact) mass is 295 g/mol. The molecular weight excluding hydrogens is 282 g/mol. The predicted octanol–water partition coefficient (Wildman–Crippen LogP) is 2.08. The van der Waals surface area contributed by atoms with Crippen LogP contribution in [0.15, 0.2) is 23.0 Å². The van der Waals surface area contributed by atoms with Gasteiger partial charge >= 0.3 is 0 Å². The maximum absolute atomic E-state index is 11.7. The van der Waals surface area contributed by atoms with Crippen LogP contribution in [0.1, 0.15) is 12.5 Å². The highest BCUT2D eigenvalue weighted by Crippen LogP contribution is 2.15. The number of hydrogen-bond donors (Lipinski definition) is 2. The van der Waals surface area contributed by atoms with E-state index < -0.39 is 0 Å². The lowest BCUT2D eigenvalue weighted by Gasteiger charge is -2.08. The van der Waals surface area contributed by atoms with Crippen molar-refractivity contribution in [3.05, 3.63) is 34.1 Å². The van der Waals surface area contributed by atoms with E-state index in [1.54, 1.807) is 0 Å². The summed E-state index contributed by atoms with van der Waals surface area (Å²) in [6.45, 7) is 2.16. The molecule has 4 nitrogen and oxygen atoms in total. The van der Waals surface area contributed by atoms with Crippen molar-refractivity contribution in [2.24, 2.45) is 5.92 Å². The van der Waals surface area contributed by atoms with Gasteiger partial charge in [-0.15, -0.1) is 0 Å². The molecule has 1 aromatic carbocycles. The number of nitrogens with zero attached hydrogens (tertiary/aromatic N) is 1. The van der Waals surface area contributed by atoms with Gasteiger partial charge in [0, 0.05) is 5.33 Å². The molecule has 0 fully saturated rings. The maximum atomic E-state index is 11.7. The molecule has 2 rings (SSSR count). The fourth-order valence-corrected chi connectivity index (χ4v) is 2.02. The Morgan fingerprint density at radius 1 is 1.53 bits per heavy atom. The Morgan fingerprint density at radius 2 is 2.29 bits per heavy atom. The lowest BCUT2D eigenvalue weighted by atomic mass is 10.0. The van der Waals surface area contributed by atoms with Crippen molar-refractivity contribution in [1.29, 1.82) is 0 Å². The number of benzene rings is 1. The van der Waals surface area contributed by atoms with Crippen LogP contribution in [-0.4, -0.2) is 15.3 Å². The Labute approximate surface area is 107 Å². The first-order valence-electron chi connectivity index (χ1n) is 5.44. The molecule has 0 aliphatic carbocycles. The quantitative estimate of drug-likeness (QED) is 0.852. The predicted molar refractivity (Wildman–Crippen MR) is 73.4 cm³/mol. The van der Waals surface area contributed by atoms with Crippen molar-refractivity contribution >= 4 is 32.8 Å². The van der Waals surface area contributed by atoms with Gasteiger partial charge < -0.3 is 5.73 Å². The van der Waals surface area contributed by atoms with Crippen LogP contribution in [0.4, 0.5) is 5.95 Å². The molecule has 0 radical (unpaired) electrons. The number of nitrogens with two attached hydrogens (primary N) is 1. The van der Waals surface area contributed by atoms with Crippen LogP contribution in [0.5, 0.6) is 0 Å². The first kappa shape index (κ1) is 12.1. The SMILES string of the molecule is CC(CBr)Cc1ccc2nc(N)[nH]c(=O)c2c1. The molecule has 5 heteroatoms. The van der Waals surface area contributed by atoms with Crippen LogP contribution < -0.4 is 11.3 Å². The van der Waals surface area contributed by atoms with E-state index in [-0.39, 0.29) is 11.5 Å². The van der Waals surface area contributed by atoms with Gasteiger partial charge in [0.1, 0.15) is 0 Å². The molecule has 1 heterocycles. The van der Waals surface area contributed by atoms with Crippen molar-refractivity contribution in [2.45, 2.75) is 13.3 Å². The van der Waals surface area contributed by atoms with Gasteiger partial charge in [0.2, 0.25) is 5.95 Å². The summed E-state index contributed by atoms with van der Waals surface area (Å²) in [7, 11) is 0. The Morgan fingerprint density at radius 3 is 3.00 bits per heavy atom. The zero-order valence-electron chi connectivity index (χ0n) is 9.53. The molecular formula is C12H14BrN3O. The number of H-pyrrole nitrogens is 1. The van der Waals surface area contributed by atoms with E-state index in [2.05, 4.69) is 32.8 Å². The van der Waals surface area contributed by atoms with Crippen LogP contribution in [0.2, 0.25) is 0 Å². The van der Waals surface area contributed by atoms with E-state index in [1.807, 2.05) is 18.2 Å². The largest absolute Gasteiger partial charge is 0.369 e. The molecule has 2 aromatic rings. The van der Waals surface area contributed by atoms with E-state index >= 15 is 0 Å². The molecule has 17 heavy (non-hydrogen) atoms. The minimum atomic E-state index is -0.180. The van der Waals surface area contributed by atoms with Gasteiger partial charge in [0.15, 0.2) is 0 Å². The summed E-state index contributed by atoms with van der Waals surface area (Å²) >= 11 is 3.45. The molecule has 90 valence electrons. The highest BCUT2D eigenvalue weighted by molar-refractivity contribution is 9.09. The Hall–Kier alpha value is -1.36. The van der Waals surface area contributed by atoms with Crippen molar-refractivity contribution in [3.63, 3.8) is 0 Å². The van der Waals surface area contributed by atoms with Crippen molar-refractivity contribution in [2.75, 3.05) is 11.1 Å². The van der Waals surface area contributed by atoms with Gasteiger partial charge in [-0.05, 0) is 30.0 Å². The van der Waals surface area contributed by atoms with Crippen LogP contribution in [-0.2, 0) is 6.42 Å². The number of alkyl halides is 1. The van der Waals surface area contributed by atoms with E-state index in [1.165, 1.54) is 0 Å². The normalized spacial score (nSPS) is 12.8. The second-order valence-corrected chi connectivity index (χ2v) is 4.91. The average Bonchev–Trinajstić information content (AvgIpc) is 2.29. The fourth-order valence-electron chi connectivity index (χ4n) is 1.79. The highest BCUT2D eigenvalue weighted by atomic mass is 79.9. The molecule has 1 aromatic heterocycles. The zero-order chi connectivity index (χ0) is 12.4. The minimum absolute atomic E-state index is 0.157. The van der Waals surface area contributed by atoms with Crippen molar-refractivity contribution in [1.82, 2.24) is 9.97 Å². The molecule has 0 saturated carbocycles. The van der Waals surface area contributed by atoms with Gasteiger partial charge in [-0.2, -0.15) is 0 Å². The Kier molecular flexibility index (Phi) is 3.47. The van der Waals surface area contributed by atoms with Gasteiger partial charge in [0.25, 0.3) is 5.56 Å². The zero-order valence-corrected chi connectivity index (χ0v) is 11.1. The molecule has 0 saturated heterocycles. The van der Waals surface area contributed by atoms with E-state index in [9.17, 15) is 4.79 Å². The Bertz CT molecular complexity index is 594. The molecule has 0 bridgehead atoms. The van der Waals surface area contributed by atoms with E-state index in [0.717, 1.165) is 17.3 Å². The van der Waals surface area contributed by atoms with Gasteiger partial charge in [-0.1, -0.05) is 28.9 Å². The number of anilines is 1. The number of fused-ring (bicyclic) bond motifs is 1. The van der Waals surface area contributed by atoms with Crippen LogP contribution in [0, 0.1) is 5.92 Å². The number of rotatable bonds is 3. The first-order chi connectivity index (χ1) is 8.10. The summed E-state index contributed by atoms with van der Waals surface area (Å²) < 4.78 is 0. The third-order valence-electron chi connectivity index (χ3n) is 2.64. The van der Waals surface area contributed by atoms with Gasteiger partial charge in [-0.3, -0.25) is 9.78 Å². The molecule has 0 spiro atoms. The number of nitrogens with one attached hydrogen (secondary N) is 1. The number of aromatic nitrogens is 2.